The highest BCUT2D eigenvalue weighted by Crippen LogP contribution is 2.49. The van der Waals surface area contributed by atoms with Crippen LogP contribution < -0.4 is 9.47 Å². The number of hydrogen-bond donors (Lipinski definition) is 2. The lowest BCUT2D eigenvalue weighted by molar-refractivity contribution is 0.192. The topological polar surface area (TPSA) is 62.2 Å². The maximum atomic E-state index is 9.89. The maximum absolute atomic E-state index is 9.89. The van der Waals surface area contributed by atoms with Crippen molar-refractivity contribution >= 4 is 11.8 Å². The van der Waals surface area contributed by atoms with E-state index in [1.807, 2.05) is 31.2 Å². The second-order valence-corrected chi connectivity index (χ2v) is 10.2. The van der Waals surface area contributed by atoms with Gasteiger partial charge in [-0.1, -0.05) is 31.2 Å². The molecule has 6 heteroatoms. The Morgan fingerprint density at radius 2 is 2.00 bits per heavy atom. The second-order valence-electron chi connectivity index (χ2n) is 9.05. The molecule has 1 saturated heterocycles. The Kier molecular flexibility index (Phi) is 7.25. The predicted molar refractivity (Wildman–Crippen MR) is 133 cm³/mol. The van der Waals surface area contributed by atoms with Crippen LogP contribution in [-0.2, 0) is 0 Å². The SMILES string of the molecule is C=C(O)/C=C(\C)[C@H]1Sc2cc(O)ccc2O[C@H]1c1ccc(OCCN2CC[C@H](C)[C@H]2C)cc1. The second kappa shape index (κ2) is 10.1. The van der Waals surface area contributed by atoms with Crippen LogP contribution in [0.15, 0.2) is 71.3 Å². The van der Waals surface area contributed by atoms with Crippen molar-refractivity contribution in [3.05, 3.63) is 72.0 Å². The van der Waals surface area contributed by atoms with Gasteiger partial charge in [0.1, 0.15) is 35.7 Å². The van der Waals surface area contributed by atoms with Gasteiger partial charge in [-0.2, -0.15) is 0 Å². The van der Waals surface area contributed by atoms with E-state index < -0.39 is 0 Å². The van der Waals surface area contributed by atoms with E-state index >= 15 is 0 Å². The Morgan fingerprint density at radius 1 is 1.24 bits per heavy atom. The molecular weight excluding hydrogens is 434 g/mol. The number of aliphatic hydroxyl groups excluding tert-OH is 1. The molecule has 0 unspecified atom stereocenters. The van der Waals surface area contributed by atoms with E-state index in [0.29, 0.717) is 12.6 Å². The molecule has 2 heterocycles. The Bertz CT molecular complexity index is 1020. The van der Waals surface area contributed by atoms with E-state index in [1.165, 1.54) is 6.42 Å². The average molecular weight is 468 g/mol. The molecule has 0 spiro atoms. The summed E-state index contributed by atoms with van der Waals surface area (Å²) < 4.78 is 12.4. The molecule has 0 bridgehead atoms. The zero-order valence-electron chi connectivity index (χ0n) is 19.5. The van der Waals surface area contributed by atoms with Gasteiger partial charge in [-0.3, -0.25) is 4.90 Å². The Labute approximate surface area is 200 Å². The van der Waals surface area contributed by atoms with E-state index in [1.54, 1.807) is 36.0 Å². The Morgan fingerprint density at radius 3 is 2.67 bits per heavy atom. The molecule has 0 aliphatic carbocycles. The summed E-state index contributed by atoms with van der Waals surface area (Å²) in [7, 11) is 0. The minimum atomic E-state index is -0.247. The van der Waals surface area contributed by atoms with Crippen LogP contribution in [0.25, 0.3) is 0 Å². The summed E-state index contributed by atoms with van der Waals surface area (Å²) >= 11 is 1.61. The first-order chi connectivity index (χ1) is 15.8. The fourth-order valence-corrected chi connectivity index (χ4v) is 5.81. The average Bonchev–Trinajstić information content (AvgIpc) is 3.10. The molecule has 2 aromatic carbocycles. The third kappa shape index (κ3) is 5.50. The van der Waals surface area contributed by atoms with Gasteiger partial charge in [0.25, 0.3) is 0 Å². The van der Waals surface area contributed by atoms with Crippen LogP contribution in [0, 0.1) is 5.92 Å². The lowest BCUT2D eigenvalue weighted by atomic mass is 10.0. The smallest absolute Gasteiger partial charge is 0.140 e. The first kappa shape index (κ1) is 23.6. The highest BCUT2D eigenvalue weighted by molar-refractivity contribution is 8.00. The van der Waals surface area contributed by atoms with E-state index in [4.69, 9.17) is 9.47 Å². The van der Waals surface area contributed by atoms with Gasteiger partial charge in [-0.15, -0.1) is 11.8 Å². The van der Waals surface area contributed by atoms with Crippen LogP contribution in [0.3, 0.4) is 0 Å². The van der Waals surface area contributed by atoms with Gasteiger partial charge >= 0.3 is 0 Å². The number of likely N-dealkylation sites (tertiary alicyclic amines) is 1. The lowest BCUT2D eigenvalue weighted by Crippen LogP contribution is -2.33. The van der Waals surface area contributed by atoms with Gasteiger partial charge in [0.15, 0.2) is 0 Å². The number of ether oxygens (including phenoxy) is 2. The molecule has 2 aromatic rings. The number of phenolic OH excluding ortho intramolecular Hbond substituents is 1. The summed E-state index contributed by atoms with van der Waals surface area (Å²) in [6.07, 6.45) is 2.68. The van der Waals surface area contributed by atoms with Crippen LogP contribution in [-0.4, -0.2) is 46.1 Å². The molecule has 0 amide bonds. The van der Waals surface area contributed by atoms with Crippen LogP contribution in [0.4, 0.5) is 0 Å². The number of aromatic hydroxyl groups is 1. The van der Waals surface area contributed by atoms with Crippen LogP contribution in [0.5, 0.6) is 17.2 Å². The van der Waals surface area contributed by atoms with E-state index in [0.717, 1.165) is 46.5 Å². The van der Waals surface area contributed by atoms with E-state index in [-0.39, 0.29) is 22.9 Å². The van der Waals surface area contributed by atoms with Crippen LogP contribution in [0.2, 0.25) is 0 Å². The van der Waals surface area contributed by atoms with Crippen molar-refractivity contribution in [1.29, 1.82) is 0 Å². The largest absolute Gasteiger partial charge is 0.509 e. The number of allylic oxidation sites excluding steroid dienone is 1. The number of thioether (sulfide) groups is 1. The number of hydrogen-bond acceptors (Lipinski definition) is 6. The van der Waals surface area contributed by atoms with Gasteiger partial charge in [0, 0.05) is 12.6 Å². The van der Waals surface area contributed by atoms with Crippen LogP contribution in [0.1, 0.15) is 38.9 Å². The zero-order valence-corrected chi connectivity index (χ0v) is 20.3. The molecule has 0 radical (unpaired) electrons. The van der Waals surface area contributed by atoms with Crippen molar-refractivity contribution in [2.75, 3.05) is 19.7 Å². The minimum absolute atomic E-state index is 0.0130. The van der Waals surface area contributed by atoms with Gasteiger partial charge < -0.3 is 19.7 Å². The summed E-state index contributed by atoms with van der Waals surface area (Å²) in [5, 5.41) is 19.5. The summed E-state index contributed by atoms with van der Waals surface area (Å²) in [5.74, 6) is 2.55. The number of aliphatic hydroxyl groups is 1. The molecule has 1 fully saturated rings. The third-order valence-electron chi connectivity index (χ3n) is 6.68. The first-order valence-electron chi connectivity index (χ1n) is 11.5. The van der Waals surface area contributed by atoms with E-state index in [2.05, 4.69) is 25.3 Å². The minimum Gasteiger partial charge on any atom is -0.509 e. The predicted octanol–water partition coefficient (Wildman–Crippen LogP) is 6.11. The first-order valence-corrected chi connectivity index (χ1v) is 12.4. The number of fused-ring (bicyclic) bond motifs is 1. The van der Waals surface area contributed by atoms with Crippen molar-refractivity contribution in [3.8, 4) is 17.2 Å². The number of rotatable bonds is 7. The molecule has 2 aliphatic rings. The highest BCUT2D eigenvalue weighted by Gasteiger charge is 2.33. The Balaban J connectivity index is 1.47. The van der Waals surface area contributed by atoms with Gasteiger partial charge in [0.05, 0.1) is 10.1 Å². The van der Waals surface area contributed by atoms with E-state index in [9.17, 15) is 10.2 Å². The number of benzene rings is 2. The maximum Gasteiger partial charge on any atom is 0.140 e. The fourth-order valence-electron chi connectivity index (χ4n) is 4.53. The molecule has 4 rings (SSSR count). The van der Waals surface area contributed by atoms with Crippen molar-refractivity contribution in [3.63, 3.8) is 0 Å². The molecule has 0 saturated carbocycles. The molecule has 2 N–H and O–H groups in total. The van der Waals surface area contributed by atoms with Crippen molar-refractivity contribution < 1.29 is 19.7 Å². The van der Waals surface area contributed by atoms with Crippen molar-refractivity contribution in [1.82, 2.24) is 4.90 Å². The summed E-state index contributed by atoms with van der Waals surface area (Å²) in [4.78, 5) is 3.37. The lowest BCUT2D eigenvalue weighted by Gasteiger charge is -2.34. The normalized spacial score (nSPS) is 25.4. The third-order valence-corrected chi connectivity index (χ3v) is 8.13. The van der Waals surface area contributed by atoms with Crippen molar-refractivity contribution in [2.45, 2.75) is 49.5 Å². The summed E-state index contributed by atoms with van der Waals surface area (Å²) in [6, 6.07) is 13.8. The van der Waals surface area contributed by atoms with Gasteiger partial charge in [-0.25, -0.2) is 0 Å². The number of nitrogens with zero attached hydrogens (tertiary/aromatic N) is 1. The summed E-state index contributed by atoms with van der Waals surface area (Å²) in [5.41, 5.74) is 1.97. The van der Waals surface area contributed by atoms with Crippen LogP contribution >= 0.6 is 11.8 Å². The standard InChI is InChI=1S/C27H33NO4S/c1-17-11-12-28(20(17)4)13-14-31-23-8-5-21(6-9-23)26-27(18(2)15-19(3)29)33-25-16-22(30)7-10-24(25)32-26/h5-10,15-17,20,26-27,29-30H,3,11-14H2,1-2,4H3/b18-15+/t17-,20+,26-,27+/m0/s1. The van der Waals surface area contributed by atoms with Crippen molar-refractivity contribution in [2.24, 2.45) is 5.92 Å². The molecule has 33 heavy (non-hydrogen) atoms. The highest BCUT2D eigenvalue weighted by atomic mass is 32.2. The molecule has 176 valence electrons. The summed E-state index contributed by atoms with van der Waals surface area (Å²) in [6.45, 7) is 12.9. The molecule has 0 aromatic heterocycles. The Hall–Kier alpha value is -2.57. The molecule has 2 aliphatic heterocycles. The fraction of sp³-hybridized carbons (Fsp3) is 0.407. The number of phenols is 1. The zero-order chi connectivity index (χ0) is 23.5. The monoisotopic (exact) mass is 467 g/mol. The molecule has 5 nitrogen and oxygen atoms in total. The quantitative estimate of drug-likeness (QED) is 0.378. The van der Waals surface area contributed by atoms with Gasteiger partial charge in [0.2, 0.25) is 0 Å². The molecular formula is C27H33NO4S. The molecule has 4 atom stereocenters. The van der Waals surface area contributed by atoms with Gasteiger partial charge in [-0.05, 0) is 74.7 Å².